The van der Waals surface area contributed by atoms with Crippen molar-refractivity contribution in [2.45, 2.75) is 58.5 Å². The molecule has 10 heteroatoms. The lowest BCUT2D eigenvalue weighted by molar-refractivity contribution is -0.196. The standard InChI is InChI=1S/C20H26F3NO5S/c1-10(2)18(5)9-14-19(17(26)29-6)8-12(4)11(3)7-13(19)15(18)16(25)24(14)30(27,28)20(21,22)23/h13-15H,1,7-9H2,2-6H3/t13-,14+,15-,18-,19+/m0/s1. The highest BCUT2D eigenvalue weighted by Crippen LogP contribution is 2.67. The number of carbonyl (C=O) groups is 2. The van der Waals surface area contributed by atoms with Crippen LogP contribution in [0, 0.1) is 22.7 Å². The molecule has 4 rings (SSSR count). The van der Waals surface area contributed by atoms with Crippen molar-refractivity contribution in [3.63, 3.8) is 0 Å². The van der Waals surface area contributed by atoms with E-state index in [0.717, 1.165) is 18.3 Å². The molecule has 2 bridgehead atoms. The van der Waals surface area contributed by atoms with Crippen molar-refractivity contribution in [2.75, 3.05) is 7.11 Å². The minimum Gasteiger partial charge on any atom is -0.469 e. The molecule has 1 saturated carbocycles. The Kier molecular flexibility index (Phi) is 5.01. The Balaban J connectivity index is 2.36. The predicted molar refractivity (Wildman–Crippen MR) is 102 cm³/mol. The molecule has 0 unspecified atom stereocenters. The van der Waals surface area contributed by atoms with E-state index in [4.69, 9.17) is 4.74 Å². The topological polar surface area (TPSA) is 80.8 Å². The van der Waals surface area contributed by atoms with Crippen molar-refractivity contribution in [2.24, 2.45) is 22.7 Å². The van der Waals surface area contributed by atoms with Gasteiger partial charge in [-0.25, -0.2) is 4.31 Å². The number of fused-ring (bicyclic) bond motifs is 2. The normalized spacial score (nSPS) is 36.6. The molecule has 4 aliphatic rings. The van der Waals surface area contributed by atoms with E-state index in [-0.39, 0.29) is 17.1 Å². The largest absolute Gasteiger partial charge is 0.516 e. The van der Waals surface area contributed by atoms with E-state index < -0.39 is 56.1 Å². The lowest BCUT2D eigenvalue weighted by Gasteiger charge is -2.65. The highest BCUT2D eigenvalue weighted by atomic mass is 32.2. The quantitative estimate of drug-likeness (QED) is 0.486. The zero-order valence-corrected chi connectivity index (χ0v) is 18.4. The van der Waals surface area contributed by atoms with Crippen LogP contribution in [0.2, 0.25) is 0 Å². The van der Waals surface area contributed by atoms with Gasteiger partial charge in [-0.15, -0.1) is 0 Å². The Labute approximate surface area is 174 Å². The number of halogens is 3. The molecule has 2 aliphatic heterocycles. The Morgan fingerprint density at radius 2 is 1.83 bits per heavy atom. The first-order chi connectivity index (χ1) is 13.6. The third-order valence-electron chi connectivity index (χ3n) is 7.63. The van der Waals surface area contributed by atoms with Crippen molar-refractivity contribution in [3.8, 4) is 0 Å². The van der Waals surface area contributed by atoms with Gasteiger partial charge in [-0.05, 0) is 46.0 Å². The van der Waals surface area contributed by atoms with Gasteiger partial charge in [-0.2, -0.15) is 21.6 Å². The van der Waals surface area contributed by atoms with Crippen molar-refractivity contribution < 1.29 is 35.9 Å². The Morgan fingerprint density at radius 3 is 2.30 bits per heavy atom. The number of allylic oxidation sites excluding steroid dienone is 3. The summed E-state index contributed by atoms with van der Waals surface area (Å²) in [6.07, 6.45) is 0.226. The molecule has 30 heavy (non-hydrogen) atoms. The van der Waals surface area contributed by atoms with Crippen molar-refractivity contribution >= 4 is 21.9 Å². The molecule has 0 aromatic rings. The number of nitrogens with zero attached hydrogens (tertiary/aromatic N) is 1. The molecule has 2 aliphatic carbocycles. The predicted octanol–water partition coefficient (Wildman–Crippen LogP) is 3.55. The summed E-state index contributed by atoms with van der Waals surface area (Å²) < 4.78 is 70.4. The number of carbonyl (C=O) groups excluding carboxylic acids is 2. The summed E-state index contributed by atoms with van der Waals surface area (Å²) in [6.45, 7) is 10.9. The van der Waals surface area contributed by atoms with Crippen LogP contribution < -0.4 is 0 Å². The van der Waals surface area contributed by atoms with Gasteiger partial charge in [0.15, 0.2) is 0 Å². The van der Waals surface area contributed by atoms with Gasteiger partial charge >= 0.3 is 21.5 Å². The van der Waals surface area contributed by atoms with Gasteiger partial charge in [0.25, 0.3) is 0 Å². The van der Waals surface area contributed by atoms with Crippen molar-refractivity contribution in [1.29, 1.82) is 0 Å². The molecule has 2 heterocycles. The fourth-order valence-corrected chi connectivity index (χ4v) is 6.93. The second kappa shape index (κ2) is 6.58. The summed E-state index contributed by atoms with van der Waals surface area (Å²) in [5.41, 5.74) is -5.87. The first kappa shape index (κ1) is 22.8. The Morgan fingerprint density at radius 1 is 1.27 bits per heavy atom. The first-order valence-corrected chi connectivity index (χ1v) is 11.1. The van der Waals surface area contributed by atoms with E-state index in [1.54, 1.807) is 20.8 Å². The SMILES string of the molecule is C=C(C)[C@]1(C)C[C@H]2N(S(=O)(=O)C(F)(F)F)C(=O)[C@@H]1[C@@H]1CC(C)=C(C)C[C@@]12C(=O)OC. The zero-order valence-electron chi connectivity index (χ0n) is 17.6. The van der Waals surface area contributed by atoms with E-state index in [1.807, 2.05) is 6.92 Å². The van der Waals surface area contributed by atoms with Gasteiger partial charge in [0.1, 0.15) is 0 Å². The van der Waals surface area contributed by atoms with Crippen LogP contribution >= 0.6 is 0 Å². The fraction of sp³-hybridized carbons (Fsp3) is 0.700. The number of piperidine rings is 2. The van der Waals surface area contributed by atoms with Gasteiger partial charge in [-0.3, -0.25) is 9.59 Å². The summed E-state index contributed by atoms with van der Waals surface area (Å²) in [7, 11) is -4.86. The summed E-state index contributed by atoms with van der Waals surface area (Å²) >= 11 is 0. The second-order valence-corrected chi connectivity index (χ2v) is 10.9. The molecule has 0 spiro atoms. The lowest BCUT2D eigenvalue weighted by atomic mass is 9.43. The molecule has 3 fully saturated rings. The number of amides is 1. The number of hydrogen-bond acceptors (Lipinski definition) is 5. The minimum atomic E-state index is -5.99. The highest BCUT2D eigenvalue weighted by molar-refractivity contribution is 7.90. The molecule has 0 radical (unpaired) electrons. The number of methoxy groups -OCH3 is 1. The average molecular weight is 449 g/mol. The molecule has 6 nitrogen and oxygen atoms in total. The van der Waals surface area contributed by atoms with E-state index >= 15 is 0 Å². The number of esters is 1. The number of alkyl halides is 3. The van der Waals surface area contributed by atoms with Crippen LogP contribution in [0.25, 0.3) is 0 Å². The van der Waals surface area contributed by atoms with E-state index in [2.05, 4.69) is 6.58 Å². The van der Waals surface area contributed by atoms with Gasteiger partial charge in [0.2, 0.25) is 5.91 Å². The molecule has 0 N–H and O–H groups in total. The summed E-state index contributed by atoms with van der Waals surface area (Å²) in [6, 6.07) is -1.51. The minimum absolute atomic E-state index is 0.0424. The number of sulfonamides is 1. The molecular weight excluding hydrogens is 423 g/mol. The maximum absolute atomic E-state index is 13.5. The fourth-order valence-electron chi connectivity index (χ4n) is 5.76. The van der Waals surface area contributed by atoms with Gasteiger partial charge in [-0.1, -0.05) is 30.2 Å². The van der Waals surface area contributed by atoms with Gasteiger partial charge in [0, 0.05) is 5.41 Å². The van der Waals surface area contributed by atoms with Crippen LogP contribution in [0.1, 0.15) is 47.0 Å². The molecule has 0 aromatic heterocycles. The second-order valence-electron chi connectivity index (χ2n) is 9.06. The average Bonchev–Trinajstić information content (AvgIpc) is 2.61. The van der Waals surface area contributed by atoms with Crippen LogP contribution in [0.4, 0.5) is 13.2 Å². The summed E-state index contributed by atoms with van der Waals surface area (Å²) in [5.74, 6) is -3.72. The molecule has 0 aromatic carbocycles. The summed E-state index contributed by atoms with van der Waals surface area (Å²) in [4.78, 5) is 26.4. The molecule has 168 valence electrons. The van der Waals surface area contributed by atoms with Crippen molar-refractivity contribution in [1.82, 2.24) is 4.31 Å². The number of ether oxygens (including phenoxy) is 1. The van der Waals surface area contributed by atoms with E-state index in [0.29, 0.717) is 12.0 Å². The van der Waals surface area contributed by atoms with Gasteiger partial charge in [0.05, 0.1) is 24.5 Å². The molecule has 1 amide bonds. The maximum Gasteiger partial charge on any atom is 0.516 e. The zero-order chi connectivity index (χ0) is 23.0. The molecule has 2 saturated heterocycles. The van der Waals surface area contributed by atoms with Crippen LogP contribution in [-0.4, -0.2) is 43.3 Å². The smallest absolute Gasteiger partial charge is 0.469 e. The lowest BCUT2D eigenvalue weighted by Crippen LogP contribution is -2.75. The monoisotopic (exact) mass is 449 g/mol. The molecular formula is C20H26F3NO5S. The third kappa shape index (κ3) is 2.64. The van der Waals surface area contributed by atoms with Crippen LogP contribution in [0.5, 0.6) is 0 Å². The third-order valence-corrected chi connectivity index (χ3v) is 9.17. The highest BCUT2D eigenvalue weighted by Gasteiger charge is 2.75. The van der Waals surface area contributed by atoms with E-state index in [1.165, 1.54) is 0 Å². The van der Waals surface area contributed by atoms with E-state index in [9.17, 15) is 31.2 Å². The number of rotatable bonds is 3. The van der Waals surface area contributed by atoms with Gasteiger partial charge < -0.3 is 4.74 Å². The van der Waals surface area contributed by atoms with Crippen LogP contribution in [-0.2, 0) is 24.3 Å². The van der Waals surface area contributed by atoms with Crippen molar-refractivity contribution in [3.05, 3.63) is 23.3 Å². The van der Waals surface area contributed by atoms with Crippen LogP contribution in [0.3, 0.4) is 0 Å². The first-order valence-electron chi connectivity index (χ1n) is 9.61. The Bertz CT molecular complexity index is 969. The maximum atomic E-state index is 13.5. The van der Waals surface area contributed by atoms with Crippen LogP contribution in [0.15, 0.2) is 23.3 Å². The molecule has 5 atom stereocenters. The summed E-state index contributed by atoms with van der Waals surface area (Å²) in [5, 5.41) is 0. The Hall–Kier alpha value is -1.84. The number of hydrogen-bond donors (Lipinski definition) is 0.